The standard InChI is InChI=1S/C4H3F2NO2/c5-4(6)1-2(8)7-3(4)9/h1H2,(H,7,8,9). The van der Waals surface area contributed by atoms with Crippen LogP contribution in [0.25, 0.3) is 0 Å². The lowest BCUT2D eigenvalue weighted by atomic mass is 10.3. The molecule has 0 spiro atoms. The molecular formula is C4H3F2NO2. The van der Waals surface area contributed by atoms with Gasteiger partial charge in [-0.25, -0.2) is 0 Å². The van der Waals surface area contributed by atoms with Crippen molar-refractivity contribution in [1.82, 2.24) is 5.32 Å². The van der Waals surface area contributed by atoms with Crippen molar-refractivity contribution >= 4 is 11.8 Å². The van der Waals surface area contributed by atoms with Crippen molar-refractivity contribution in [3.05, 3.63) is 0 Å². The van der Waals surface area contributed by atoms with Crippen LogP contribution >= 0.6 is 0 Å². The molecule has 9 heavy (non-hydrogen) atoms. The summed E-state index contributed by atoms with van der Waals surface area (Å²) < 4.78 is 23.9. The van der Waals surface area contributed by atoms with Crippen LogP contribution in [0.2, 0.25) is 0 Å². The second-order valence-corrected chi connectivity index (χ2v) is 1.76. The first-order chi connectivity index (χ1) is 4.02. The van der Waals surface area contributed by atoms with Gasteiger partial charge in [-0.3, -0.25) is 14.9 Å². The molecule has 0 bridgehead atoms. The first-order valence-corrected chi connectivity index (χ1v) is 2.24. The van der Waals surface area contributed by atoms with Crippen LogP contribution in [-0.4, -0.2) is 17.7 Å². The van der Waals surface area contributed by atoms with Gasteiger partial charge < -0.3 is 0 Å². The van der Waals surface area contributed by atoms with Gasteiger partial charge >= 0.3 is 5.92 Å². The number of imide groups is 1. The van der Waals surface area contributed by atoms with E-state index in [1.54, 1.807) is 0 Å². The molecule has 2 amide bonds. The minimum absolute atomic E-state index is 0.912. The third-order valence-corrected chi connectivity index (χ3v) is 0.968. The molecule has 1 N–H and O–H groups in total. The fraction of sp³-hybridized carbons (Fsp3) is 0.500. The van der Waals surface area contributed by atoms with Gasteiger partial charge in [0.2, 0.25) is 5.91 Å². The van der Waals surface area contributed by atoms with Gasteiger partial charge in [-0.2, -0.15) is 8.78 Å². The second kappa shape index (κ2) is 1.49. The Morgan fingerprint density at radius 2 is 2.00 bits per heavy atom. The number of alkyl halides is 2. The molecule has 0 atom stereocenters. The maximum absolute atomic E-state index is 12.0. The third-order valence-electron chi connectivity index (χ3n) is 0.968. The highest BCUT2D eigenvalue weighted by molar-refractivity contribution is 6.06. The molecule has 1 saturated heterocycles. The molecule has 1 fully saturated rings. The number of nitrogens with one attached hydrogen (secondary N) is 1. The summed E-state index contributed by atoms with van der Waals surface area (Å²) in [7, 11) is 0. The number of hydrogen-bond acceptors (Lipinski definition) is 2. The Morgan fingerprint density at radius 3 is 2.11 bits per heavy atom. The fourth-order valence-corrected chi connectivity index (χ4v) is 0.544. The molecule has 3 nitrogen and oxygen atoms in total. The SMILES string of the molecule is O=C1CC(F)(F)C(=O)N1. The average Bonchev–Trinajstić information content (AvgIpc) is 1.79. The van der Waals surface area contributed by atoms with Gasteiger partial charge in [0.25, 0.3) is 5.91 Å². The Labute approximate surface area is 49.0 Å². The van der Waals surface area contributed by atoms with E-state index in [-0.39, 0.29) is 0 Å². The van der Waals surface area contributed by atoms with Crippen LogP contribution in [0.1, 0.15) is 6.42 Å². The zero-order valence-electron chi connectivity index (χ0n) is 4.28. The van der Waals surface area contributed by atoms with Gasteiger partial charge in [-0.1, -0.05) is 0 Å². The van der Waals surface area contributed by atoms with E-state index in [0.29, 0.717) is 0 Å². The molecule has 0 aromatic heterocycles. The molecule has 0 aromatic rings. The molecule has 0 unspecified atom stereocenters. The largest absolute Gasteiger partial charge is 0.333 e. The quantitative estimate of drug-likeness (QED) is 0.462. The van der Waals surface area contributed by atoms with E-state index < -0.39 is 24.2 Å². The van der Waals surface area contributed by atoms with Crippen molar-refractivity contribution in [2.45, 2.75) is 12.3 Å². The van der Waals surface area contributed by atoms with Gasteiger partial charge in [0.05, 0.1) is 0 Å². The highest BCUT2D eigenvalue weighted by Crippen LogP contribution is 2.22. The molecule has 1 heterocycles. The van der Waals surface area contributed by atoms with Gasteiger partial charge in [0.15, 0.2) is 0 Å². The first-order valence-electron chi connectivity index (χ1n) is 2.24. The second-order valence-electron chi connectivity index (χ2n) is 1.76. The highest BCUT2D eigenvalue weighted by atomic mass is 19.3. The molecule has 1 aliphatic rings. The summed E-state index contributed by atoms with van der Waals surface area (Å²) in [6, 6.07) is 0. The van der Waals surface area contributed by atoms with Crippen molar-refractivity contribution in [1.29, 1.82) is 0 Å². The first kappa shape index (κ1) is 6.12. The Kier molecular flexibility index (Phi) is 1.01. The summed E-state index contributed by atoms with van der Waals surface area (Å²) in [5, 5.41) is 1.48. The summed E-state index contributed by atoms with van der Waals surface area (Å²) in [6.07, 6.45) is -1.01. The van der Waals surface area contributed by atoms with Crippen LogP contribution in [0.15, 0.2) is 0 Å². The van der Waals surface area contributed by atoms with E-state index in [9.17, 15) is 18.4 Å². The van der Waals surface area contributed by atoms with Crippen LogP contribution in [0.5, 0.6) is 0 Å². The summed E-state index contributed by atoms with van der Waals surface area (Å²) >= 11 is 0. The van der Waals surface area contributed by atoms with Gasteiger partial charge in [0, 0.05) is 0 Å². The smallest absolute Gasteiger partial charge is 0.291 e. The molecule has 0 saturated carbocycles. The van der Waals surface area contributed by atoms with E-state index in [0.717, 1.165) is 0 Å². The Bertz CT molecular complexity index is 177. The summed E-state index contributed by atoms with van der Waals surface area (Å²) in [4.78, 5) is 20.1. The van der Waals surface area contributed by atoms with E-state index in [2.05, 4.69) is 0 Å². The van der Waals surface area contributed by atoms with E-state index in [4.69, 9.17) is 0 Å². The summed E-state index contributed by atoms with van der Waals surface area (Å²) in [5.74, 6) is -5.88. The van der Waals surface area contributed by atoms with E-state index in [1.807, 2.05) is 0 Å². The Morgan fingerprint density at radius 1 is 1.44 bits per heavy atom. The number of rotatable bonds is 0. The van der Waals surface area contributed by atoms with Crippen LogP contribution < -0.4 is 5.32 Å². The lowest BCUT2D eigenvalue weighted by molar-refractivity contribution is -0.139. The molecule has 0 radical (unpaired) electrons. The van der Waals surface area contributed by atoms with Crippen molar-refractivity contribution in [3.8, 4) is 0 Å². The molecule has 1 aliphatic heterocycles. The molecule has 1 rings (SSSR count). The van der Waals surface area contributed by atoms with Crippen molar-refractivity contribution < 1.29 is 18.4 Å². The predicted octanol–water partition coefficient (Wildman–Crippen LogP) is -0.332. The summed E-state index contributed by atoms with van der Waals surface area (Å²) in [6.45, 7) is 0. The zero-order chi connectivity index (χ0) is 7.07. The van der Waals surface area contributed by atoms with E-state index in [1.165, 1.54) is 5.32 Å². The lowest BCUT2D eigenvalue weighted by Crippen LogP contribution is -2.29. The van der Waals surface area contributed by atoms with Gasteiger partial charge in [-0.05, 0) is 0 Å². The molecule has 0 aromatic carbocycles. The Balaban J connectivity index is 2.81. The highest BCUT2D eigenvalue weighted by Gasteiger charge is 2.47. The molecule has 5 heteroatoms. The maximum Gasteiger partial charge on any atom is 0.333 e. The summed E-state index contributed by atoms with van der Waals surface area (Å²) in [5.41, 5.74) is 0. The lowest BCUT2D eigenvalue weighted by Gasteiger charge is -1.98. The van der Waals surface area contributed by atoms with E-state index >= 15 is 0 Å². The van der Waals surface area contributed by atoms with Gasteiger partial charge in [0.1, 0.15) is 6.42 Å². The van der Waals surface area contributed by atoms with Crippen LogP contribution in [0.3, 0.4) is 0 Å². The van der Waals surface area contributed by atoms with Crippen molar-refractivity contribution in [2.24, 2.45) is 0 Å². The Hall–Kier alpha value is -1.00. The van der Waals surface area contributed by atoms with Gasteiger partial charge in [-0.15, -0.1) is 0 Å². The molecule has 50 valence electrons. The van der Waals surface area contributed by atoms with Crippen molar-refractivity contribution in [2.75, 3.05) is 0 Å². The number of amides is 2. The zero-order valence-corrected chi connectivity index (χ0v) is 4.28. The third kappa shape index (κ3) is 0.893. The van der Waals surface area contributed by atoms with Crippen LogP contribution in [-0.2, 0) is 9.59 Å². The normalized spacial score (nSPS) is 24.2. The molecule has 0 aliphatic carbocycles. The number of carbonyl (C=O) groups is 2. The monoisotopic (exact) mass is 135 g/mol. The molecular weight excluding hydrogens is 132 g/mol. The average molecular weight is 135 g/mol. The topological polar surface area (TPSA) is 46.2 Å². The van der Waals surface area contributed by atoms with Crippen molar-refractivity contribution in [3.63, 3.8) is 0 Å². The minimum atomic E-state index is -3.48. The number of hydrogen-bond donors (Lipinski definition) is 1. The van der Waals surface area contributed by atoms with Crippen LogP contribution in [0, 0.1) is 0 Å². The fourth-order valence-electron chi connectivity index (χ4n) is 0.544. The minimum Gasteiger partial charge on any atom is -0.291 e. The number of carbonyl (C=O) groups excluding carboxylic acids is 2. The predicted molar refractivity (Wildman–Crippen MR) is 22.7 cm³/mol. The number of halogens is 2. The van der Waals surface area contributed by atoms with Crippen LogP contribution in [0.4, 0.5) is 8.78 Å². The maximum atomic E-state index is 12.0.